The van der Waals surface area contributed by atoms with E-state index in [0.29, 0.717) is 22.3 Å². The molecule has 0 atom stereocenters. The molecule has 1 rings (SSSR count). The molecule has 15 heavy (non-hydrogen) atoms. The van der Waals surface area contributed by atoms with Gasteiger partial charge < -0.3 is 10.5 Å². The molecule has 0 aliphatic rings. The lowest BCUT2D eigenvalue weighted by Crippen LogP contribution is -1.97. The maximum Gasteiger partial charge on any atom is 0.140 e. The van der Waals surface area contributed by atoms with E-state index in [4.69, 9.17) is 10.5 Å². The van der Waals surface area contributed by atoms with Crippen LogP contribution in [-0.2, 0) is 0 Å². The monoisotopic (exact) mass is 273 g/mol. The van der Waals surface area contributed by atoms with Crippen molar-refractivity contribution in [2.24, 2.45) is 5.73 Å². The van der Waals surface area contributed by atoms with Gasteiger partial charge in [-0.2, -0.15) is 0 Å². The first kappa shape index (κ1) is 12.2. The highest BCUT2D eigenvalue weighted by Gasteiger charge is 2.12. The van der Waals surface area contributed by atoms with Gasteiger partial charge in [0.25, 0.3) is 0 Å². The highest BCUT2D eigenvalue weighted by Crippen LogP contribution is 2.33. The predicted octanol–water partition coefficient (Wildman–Crippen LogP) is 2.88. The highest BCUT2D eigenvalue weighted by atomic mass is 79.9. The molecular formula is C11H13BrFNO. The molecule has 0 amide bonds. The smallest absolute Gasteiger partial charge is 0.140 e. The lowest BCUT2D eigenvalue weighted by atomic mass is 10.1. The van der Waals surface area contributed by atoms with Crippen LogP contribution < -0.4 is 10.5 Å². The fourth-order valence-electron chi connectivity index (χ4n) is 1.31. The summed E-state index contributed by atoms with van der Waals surface area (Å²) < 4.78 is 19.2. The van der Waals surface area contributed by atoms with Crippen molar-refractivity contribution < 1.29 is 9.13 Å². The molecule has 0 radical (unpaired) electrons. The Morgan fingerprint density at radius 1 is 1.60 bits per heavy atom. The molecule has 0 fully saturated rings. The van der Waals surface area contributed by atoms with Crippen LogP contribution in [0.1, 0.15) is 11.1 Å². The summed E-state index contributed by atoms with van der Waals surface area (Å²) in [4.78, 5) is 0. The Balaban J connectivity index is 3.36. The van der Waals surface area contributed by atoms with Gasteiger partial charge in [-0.3, -0.25) is 0 Å². The fourth-order valence-corrected chi connectivity index (χ4v) is 1.88. The van der Waals surface area contributed by atoms with Gasteiger partial charge in [0.2, 0.25) is 0 Å². The largest absolute Gasteiger partial charge is 0.495 e. The second-order valence-electron chi connectivity index (χ2n) is 3.05. The number of methoxy groups -OCH3 is 1. The van der Waals surface area contributed by atoms with Crippen molar-refractivity contribution in [3.63, 3.8) is 0 Å². The van der Waals surface area contributed by atoms with Gasteiger partial charge in [-0.1, -0.05) is 12.2 Å². The average Bonchev–Trinajstić information content (AvgIpc) is 2.21. The van der Waals surface area contributed by atoms with E-state index in [-0.39, 0.29) is 5.82 Å². The van der Waals surface area contributed by atoms with Gasteiger partial charge in [-0.15, -0.1) is 0 Å². The van der Waals surface area contributed by atoms with Gasteiger partial charge >= 0.3 is 0 Å². The van der Waals surface area contributed by atoms with E-state index >= 15 is 0 Å². The molecule has 0 saturated carbocycles. The standard InChI is InChI=1S/C11H13BrFNO/c1-7-8(4-3-5-14)11(15-2)9(12)6-10(7)13/h3-4,6H,5,14H2,1-2H3/b4-3+. The normalized spacial score (nSPS) is 11.0. The second-order valence-corrected chi connectivity index (χ2v) is 3.90. The summed E-state index contributed by atoms with van der Waals surface area (Å²) in [5.74, 6) is 0.359. The van der Waals surface area contributed by atoms with Crippen LogP contribution in [0.15, 0.2) is 16.6 Å². The van der Waals surface area contributed by atoms with Crippen LogP contribution in [0.25, 0.3) is 6.08 Å². The first-order valence-corrected chi connectivity index (χ1v) is 5.30. The molecule has 0 aliphatic heterocycles. The Bertz CT molecular complexity index is 391. The summed E-state index contributed by atoms with van der Waals surface area (Å²) >= 11 is 3.25. The molecule has 0 spiro atoms. The Morgan fingerprint density at radius 3 is 2.80 bits per heavy atom. The zero-order valence-corrected chi connectivity index (χ0v) is 10.3. The van der Waals surface area contributed by atoms with Crippen LogP contribution in [0.4, 0.5) is 4.39 Å². The van der Waals surface area contributed by atoms with E-state index in [9.17, 15) is 4.39 Å². The molecule has 0 bridgehead atoms. The number of nitrogens with two attached hydrogens (primary N) is 1. The van der Waals surface area contributed by atoms with Gasteiger partial charge in [-0.05, 0) is 34.5 Å². The molecule has 4 heteroatoms. The molecule has 0 aliphatic carbocycles. The van der Waals surface area contributed by atoms with E-state index in [1.807, 2.05) is 0 Å². The van der Waals surface area contributed by atoms with E-state index < -0.39 is 0 Å². The van der Waals surface area contributed by atoms with Crippen molar-refractivity contribution in [3.8, 4) is 5.75 Å². The zero-order chi connectivity index (χ0) is 11.4. The van der Waals surface area contributed by atoms with Crippen LogP contribution in [0.2, 0.25) is 0 Å². The summed E-state index contributed by atoms with van der Waals surface area (Å²) in [6.45, 7) is 2.12. The van der Waals surface area contributed by atoms with Crippen molar-refractivity contribution in [1.29, 1.82) is 0 Å². The Hall–Kier alpha value is -0.870. The molecule has 0 unspecified atom stereocenters. The maximum absolute atomic E-state index is 13.4. The average molecular weight is 274 g/mol. The van der Waals surface area contributed by atoms with Crippen molar-refractivity contribution in [2.75, 3.05) is 13.7 Å². The third-order valence-corrected chi connectivity index (χ3v) is 2.69. The van der Waals surface area contributed by atoms with Crippen LogP contribution in [0, 0.1) is 12.7 Å². The number of hydrogen-bond acceptors (Lipinski definition) is 2. The molecular weight excluding hydrogens is 261 g/mol. The predicted molar refractivity (Wildman–Crippen MR) is 63.5 cm³/mol. The first-order chi connectivity index (χ1) is 7.11. The van der Waals surface area contributed by atoms with Crippen LogP contribution in [-0.4, -0.2) is 13.7 Å². The fraction of sp³-hybridized carbons (Fsp3) is 0.273. The first-order valence-electron chi connectivity index (χ1n) is 4.51. The van der Waals surface area contributed by atoms with E-state index in [1.54, 1.807) is 26.2 Å². The Labute approximate surface area is 97.1 Å². The summed E-state index contributed by atoms with van der Waals surface area (Å²) in [7, 11) is 1.55. The van der Waals surface area contributed by atoms with Gasteiger partial charge in [0.05, 0.1) is 11.6 Å². The van der Waals surface area contributed by atoms with Gasteiger partial charge in [0, 0.05) is 12.1 Å². The maximum atomic E-state index is 13.4. The van der Waals surface area contributed by atoms with Gasteiger partial charge in [-0.25, -0.2) is 4.39 Å². The minimum atomic E-state index is -0.264. The van der Waals surface area contributed by atoms with Crippen molar-refractivity contribution in [3.05, 3.63) is 33.6 Å². The molecule has 1 aromatic rings. The van der Waals surface area contributed by atoms with E-state index in [1.165, 1.54) is 6.07 Å². The van der Waals surface area contributed by atoms with Crippen LogP contribution in [0.3, 0.4) is 0 Å². The van der Waals surface area contributed by atoms with Crippen molar-refractivity contribution >= 4 is 22.0 Å². The lowest BCUT2D eigenvalue weighted by Gasteiger charge is -2.11. The zero-order valence-electron chi connectivity index (χ0n) is 8.68. The number of halogens is 2. The SMILES string of the molecule is COc1c(Br)cc(F)c(C)c1/C=C/CN. The van der Waals surface area contributed by atoms with Crippen LogP contribution >= 0.6 is 15.9 Å². The number of hydrogen-bond donors (Lipinski definition) is 1. The molecule has 1 aromatic carbocycles. The van der Waals surface area contributed by atoms with E-state index in [0.717, 1.165) is 5.56 Å². The minimum absolute atomic E-state index is 0.264. The number of rotatable bonds is 3. The summed E-state index contributed by atoms with van der Waals surface area (Å²) in [5.41, 5.74) is 6.63. The third-order valence-electron chi connectivity index (χ3n) is 2.10. The molecule has 0 saturated heterocycles. The van der Waals surface area contributed by atoms with Crippen molar-refractivity contribution in [1.82, 2.24) is 0 Å². The Morgan fingerprint density at radius 2 is 2.27 bits per heavy atom. The Kier molecular flexibility index (Phi) is 4.29. The summed E-state index contributed by atoms with van der Waals surface area (Å²) in [5, 5.41) is 0. The van der Waals surface area contributed by atoms with Gasteiger partial charge in [0.1, 0.15) is 11.6 Å². The molecule has 82 valence electrons. The second kappa shape index (κ2) is 5.28. The lowest BCUT2D eigenvalue weighted by molar-refractivity contribution is 0.409. The molecule has 2 nitrogen and oxygen atoms in total. The van der Waals surface area contributed by atoms with Gasteiger partial charge in [0.15, 0.2) is 0 Å². The summed E-state index contributed by atoms with van der Waals surface area (Å²) in [6.07, 6.45) is 3.53. The minimum Gasteiger partial charge on any atom is -0.495 e. The van der Waals surface area contributed by atoms with E-state index in [2.05, 4.69) is 15.9 Å². The topological polar surface area (TPSA) is 35.2 Å². The third kappa shape index (κ3) is 2.58. The van der Waals surface area contributed by atoms with Crippen molar-refractivity contribution in [2.45, 2.75) is 6.92 Å². The quantitative estimate of drug-likeness (QED) is 0.919. The van der Waals surface area contributed by atoms with Crippen LogP contribution in [0.5, 0.6) is 5.75 Å². The summed E-state index contributed by atoms with van der Waals surface area (Å²) in [6, 6.07) is 1.40. The highest BCUT2D eigenvalue weighted by molar-refractivity contribution is 9.10. The number of ether oxygens (including phenoxy) is 1. The molecule has 0 heterocycles. The number of benzene rings is 1. The molecule has 0 aromatic heterocycles. The molecule has 2 N–H and O–H groups in total.